The van der Waals surface area contributed by atoms with Gasteiger partial charge in [-0.05, 0) is 38.3 Å². The summed E-state index contributed by atoms with van der Waals surface area (Å²) >= 11 is 0. The number of carbonyl (C=O) groups excluding carboxylic acids is 2. The molecule has 1 aliphatic heterocycles. The molecule has 0 spiro atoms. The fourth-order valence-electron chi connectivity index (χ4n) is 3.69. The molecule has 0 radical (unpaired) electrons. The lowest BCUT2D eigenvalue weighted by Gasteiger charge is -2.27. The van der Waals surface area contributed by atoms with Crippen molar-refractivity contribution in [3.8, 4) is 0 Å². The van der Waals surface area contributed by atoms with Crippen LogP contribution in [0.25, 0.3) is 5.57 Å². The number of nitrogens with one attached hydrogen (secondary N) is 2. The van der Waals surface area contributed by atoms with Crippen LogP contribution in [0.15, 0.2) is 41.3 Å². The van der Waals surface area contributed by atoms with Gasteiger partial charge >= 0.3 is 5.97 Å². The van der Waals surface area contributed by atoms with Gasteiger partial charge < -0.3 is 14.6 Å². The summed E-state index contributed by atoms with van der Waals surface area (Å²) in [5.74, 6) is -1.04. The highest BCUT2D eigenvalue weighted by Gasteiger charge is 2.30. The molecular weight excluding hydrogens is 418 g/mol. The van der Waals surface area contributed by atoms with Crippen LogP contribution in [-0.2, 0) is 19.6 Å². The van der Waals surface area contributed by atoms with Crippen LogP contribution in [0, 0.1) is 13.8 Å². The molecule has 166 valence electrons. The van der Waals surface area contributed by atoms with Gasteiger partial charge in [0, 0.05) is 24.5 Å². The minimum absolute atomic E-state index is 0.0345. The lowest BCUT2D eigenvalue weighted by Crippen LogP contribution is -2.42. The molecule has 0 saturated carbocycles. The maximum absolute atomic E-state index is 12.9. The number of hydrogen-bond donors (Lipinski definition) is 2. The minimum atomic E-state index is -4.10. The zero-order valence-electron chi connectivity index (χ0n) is 17.9. The largest absolute Gasteiger partial charge is 0.462 e. The molecule has 0 unspecified atom stereocenters. The van der Waals surface area contributed by atoms with E-state index in [4.69, 9.17) is 4.74 Å². The van der Waals surface area contributed by atoms with Crippen LogP contribution in [0.3, 0.4) is 0 Å². The number of nitrogens with zero attached hydrogens (tertiary/aromatic N) is 1. The molecule has 31 heavy (non-hydrogen) atoms. The second-order valence-electron chi connectivity index (χ2n) is 7.31. The van der Waals surface area contributed by atoms with Crippen LogP contribution in [0.5, 0.6) is 0 Å². The fourth-order valence-corrected chi connectivity index (χ4v) is 5.11. The van der Waals surface area contributed by atoms with Crippen LogP contribution >= 0.6 is 0 Å². The Labute approximate surface area is 182 Å². The van der Waals surface area contributed by atoms with E-state index in [1.54, 1.807) is 25.7 Å². The van der Waals surface area contributed by atoms with Crippen LogP contribution in [0.2, 0.25) is 0 Å². The van der Waals surface area contributed by atoms with Gasteiger partial charge in [-0.15, -0.1) is 0 Å². The van der Waals surface area contributed by atoms with Crippen molar-refractivity contribution in [1.82, 2.24) is 14.6 Å². The fraction of sp³-hybridized carbons (Fsp3) is 0.364. The molecule has 8 nitrogen and oxygen atoms in total. The van der Waals surface area contributed by atoms with Crippen molar-refractivity contribution in [2.24, 2.45) is 0 Å². The SMILES string of the molecule is CCOC(=O)c1c(C)[nH]c(C)c1S(=O)(=O)NCC(=O)N1CC=C(c2ccccc2)CC1. The van der Waals surface area contributed by atoms with Crippen molar-refractivity contribution < 1.29 is 22.7 Å². The molecule has 2 heterocycles. The van der Waals surface area contributed by atoms with E-state index in [2.05, 4.69) is 9.71 Å². The first-order valence-electron chi connectivity index (χ1n) is 10.1. The van der Waals surface area contributed by atoms with Crippen molar-refractivity contribution in [3.05, 3.63) is 58.9 Å². The highest BCUT2D eigenvalue weighted by atomic mass is 32.2. The van der Waals surface area contributed by atoms with Gasteiger partial charge in [0.25, 0.3) is 0 Å². The number of amides is 1. The molecule has 1 amide bonds. The summed E-state index contributed by atoms with van der Waals surface area (Å²) < 4.78 is 33.1. The lowest BCUT2D eigenvalue weighted by molar-refractivity contribution is -0.129. The number of H-pyrrole nitrogens is 1. The van der Waals surface area contributed by atoms with Crippen LogP contribution < -0.4 is 4.72 Å². The maximum atomic E-state index is 12.9. The summed E-state index contributed by atoms with van der Waals surface area (Å²) in [5, 5.41) is 0. The van der Waals surface area contributed by atoms with Crippen molar-refractivity contribution >= 4 is 27.5 Å². The Balaban J connectivity index is 1.68. The Kier molecular flexibility index (Phi) is 6.97. The molecule has 0 fully saturated rings. The zero-order chi connectivity index (χ0) is 22.6. The smallest absolute Gasteiger partial charge is 0.341 e. The number of sulfonamides is 1. The Hall–Kier alpha value is -2.91. The molecular formula is C22H27N3O5S. The van der Waals surface area contributed by atoms with Crippen molar-refractivity contribution in [2.75, 3.05) is 26.2 Å². The van der Waals surface area contributed by atoms with E-state index in [9.17, 15) is 18.0 Å². The van der Waals surface area contributed by atoms with Gasteiger partial charge in [-0.3, -0.25) is 4.79 Å². The van der Waals surface area contributed by atoms with E-state index in [1.165, 1.54) is 5.57 Å². The van der Waals surface area contributed by atoms with Crippen LogP contribution in [0.1, 0.15) is 40.7 Å². The number of hydrogen-bond acceptors (Lipinski definition) is 5. The Bertz CT molecular complexity index is 1100. The highest BCUT2D eigenvalue weighted by Crippen LogP contribution is 2.25. The van der Waals surface area contributed by atoms with E-state index in [1.807, 2.05) is 36.4 Å². The first-order valence-corrected chi connectivity index (χ1v) is 11.6. The third kappa shape index (κ3) is 5.05. The van der Waals surface area contributed by atoms with Gasteiger partial charge in [0.1, 0.15) is 10.5 Å². The van der Waals surface area contributed by atoms with E-state index < -0.39 is 16.0 Å². The van der Waals surface area contributed by atoms with E-state index in [0.29, 0.717) is 30.9 Å². The van der Waals surface area contributed by atoms with Gasteiger partial charge in [-0.2, -0.15) is 0 Å². The van der Waals surface area contributed by atoms with Crippen LogP contribution in [0.4, 0.5) is 0 Å². The summed E-state index contributed by atoms with van der Waals surface area (Å²) in [6.07, 6.45) is 2.69. The van der Waals surface area contributed by atoms with Gasteiger partial charge in [-0.25, -0.2) is 17.9 Å². The summed E-state index contributed by atoms with van der Waals surface area (Å²) in [4.78, 5) is 29.2. The van der Waals surface area contributed by atoms with E-state index in [-0.39, 0.29) is 29.5 Å². The molecule has 1 aromatic carbocycles. The number of carbonyl (C=O) groups is 2. The molecule has 0 bridgehead atoms. The molecule has 1 aromatic heterocycles. The lowest BCUT2D eigenvalue weighted by atomic mass is 9.99. The second kappa shape index (κ2) is 9.49. The zero-order valence-corrected chi connectivity index (χ0v) is 18.7. The summed E-state index contributed by atoms with van der Waals surface area (Å²) in [7, 11) is -4.10. The van der Waals surface area contributed by atoms with Crippen molar-refractivity contribution in [3.63, 3.8) is 0 Å². The number of rotatable bonds is 7. The Morgan fingerprint density at radius 1 is 1.16 bits per heavy atom. The number of ether oxygens (including phenoxy) is 1. The van der Waals surface area contributed by atoms with Gasteiger partial charge in [0.15, 0.2) is 0 Å². The number of aromatic amines is 1. The number of benzene rings is 1. The molecule has 3 rings (SSSR count). The summed E-state index contributed by atoms with van der Waals surface area (Å²) in [5.41, 5.74) is 2.97. The number of esters is 1. The average Bonchev–Trinajstić information content (AvgIpc) is 3.07. The normalized spacial score (nSPS) is 14.3. The van der Waals surface area contributed by atoms with Crippen LogP contribution in [-0.4, -0.2) is 56.4 Å². The minimum Gasteiger partial charge on any atom is -0.462 e. The van der Waals surface area contributed by atoms with E-state index in [0.717, 1.165) is 5.56 Å². The summed E-state index contributed by atoms with van der Waals surface area (Å²) in [6, 6.07) is 9.95. The third-order valence-corrected chi connectivity index (χ3v) is 6.76. The average molecular weight is 446 g/mol. The molecule has 1 aliphatic rings. The molecule has 0 saturated heterocycles. The monoisotopic (exact) mass is 445 g/mol. The standard InChI is InChI=1S/C22H27N3O5S/c1-4-30-22(27)20-15(2)24-16(3)21(20)31(28,29)23-14-19(26)25-12-10-18(11-13-25)17-8-6-5-7-9-17/h5-10,23-24H,4,11-14H2,1-3H3. The topological polar surface area (TPSA) is 109 Å². The first kappa shape index (κ1) is 22.8. The van der Waals surface area contributed by atoms with Gasteiger partial charge in [0.2, 0.25) is 15.9 Å². The molecule has 0 aliphatic carbocycles. The number of aryl methyl sites for hydroxylation is 2. The Morgan fingerprint density at radius 2 is 1.87 bits per heavy atom. The predicted octanol–water partition coefficient (Wildman–Crippen LogP) is 2.40. The predicted molar refractivity (Wildman–Crippen MR) is 117 cm³/mol. The van der Waals surface area contributed by atoms with E-state index >= 15 is 0 Å². The quantitative estimate of drug-likeness (QED) is 0.636. The highest BCUT2D eigenvalue weighted by molar-refractivity contribution is 7.89. The third-order valence-electron chi connectivity index (χ3n) is 5.19. The van der Waals surface area contributed by atoms with Gasteiger partial charge in [0.05, 0.1) is 13.2 Å². The maximum Gasteiger partial charge on any atom is 0.341 e. The van der Waals surface area contributed by atoms with Crippen molar-refractivity contribution in [2.45, 2.75) is 32.1 Å². The second-order valence-corrected chi connectivity index (χ2v) is 9.01. The molecule has 9 heteroatoms. The first-order chi connectivity index (χ1) is 14.7. The van der Waals surface area contributed by atoms with Crippen molar-refractivity contribution in [1.29, 1.82) is 0 Å². The molecule has 0 atom stereocenters. The molecule has 2 aromatic rings. The number of aromatic nitrogens is 1. The molecule has 2 N–H and O–H groups in total. The van der Waals surface area contributed by atoms with Gasteiger partial charge in [-0.1, -0.05) is 36.4 Å². The Morgan fingerprint density at radius 3 is 2.48 bits per heavy atom. The summed E-state index contributed by atoms with van der Waals surface area (Å²) in [6.45, 7) is 5.48.